The number of aliphatic hydroxyl groups excluding tert-OH is 1. The van der Waals surface area contributed by atoms with Gasteiger partial charge in [-0.2, -0.15) is 0 Å². The van der Waals surface area contributed by atoms with E-state index in [1.807, 2.05) is 0 Å². The van der Waals surface area contributed by atoms with Crippen molar-refractivity contribution in [1.29, 1.82) is 0 Å². The summed E-state index contributed by atoms with van der Waals surface area (Å²) in [5, 5.41) is 9.72. The van der Waals surface area contributed by atoms with Crippen molar-refractivity contribution >= 4 is 8.07 Å². The smallest absolute Gasteiger partial charge is 0.0686 e. The Labute approximate surface area is 82.9 Å². The van der Waals surface area contributed by atoms with Crippen LogP contribution in [0, 0.1) is 5.92 Å². The third kappa shape index (κ3) is 3.28. The molecule has 0 radical (unpaired) electrons. The molecule has 76 valence electrons. The van der Waals surface area contributed by atoms with Crippen molar-refractivity contribution in [3.05, 3.63) is 11.3 Å². The highest BCUT2D eigenvalue weighted by Crippen LogP contribution is 2.30. The van der Waals surface area contributed by atoms with Crippen LogP contribution in [0.4, 0.5) is 0 Å². The van der Waals surface area contributed by atoms with Crippen LogP contribution in [0.2, 0.25) is 19.6 Å². The third-order valence-corrected chi connectivity index (χ3v) is 3.98. The molecule has 2 atom stereocenters. The highest BCUT2D eigenvalue weighted by molar-refractivity contribution is 6.81. The molecule has 1 rings (SSSR count). The maximum absolute atomic E-state index is 9.72. The van der Waals surface area contributed by atoms with Gasteiger partial charge in [0.1, 0.15) is 0 Å². The molecule has 0 spiro atoms. The molecular weight excluding hydrogens is 176 g/mol. The zero-order valence-corrected chi connectivity index (χ0v) is 10.3. The molecule has 2 heteroatoms. The van der Waals surface area contributed by atoms with Crippen LogP contribution in [0.3, 0.4) is 0 Å². The Hall–Kier alpha value is -0.0831. The molecule has 1 aliphatic carbocycles. The van der Waals surface area contributed by atoms with E-state index >= 15 is 0 Å². The molecule has 0 amide bonds. The molecule has 0 heterocycles. The molecule has 1 fully saturated rings. The lowest BCUT2D eigenvalue weighted by atomic mass is 9.84. The Morgan fingerprint density at radius 1 is 1.38 bits per heavy atom. The SMILES string of the molecule is CC1/C(=C/[Si](C)(C)C)CCCC1O. The second-order valence-electron chi connectivity index (χ2n) is 5.33. The molecular formula is C11H22OSi. The van der Waals surface area contributed by atoms with Crippen LogP contribution in [0.1, 0.15) is 26.2 Å². The van der Waals surface area contributed by atoms with Crippen LogP contribution < -0.4 is 0 Å². The molecule has 0 saturated heterocycles. The van der Waals surface area contributed by atoms with Gasteiger partial charge >= 0.3 is 0 Å². The predicted molar refractivity (Wildman–Crippen MR) is 60.5 cm³/mol. The van der Waals surface area contributed by atoms with Gasteiger partial charge in [-0.15, -0.1) is 0 Å². The summed E-state index contributed by atoms with van der Waals surface area (Å²) in [5.41, 5.74) is 3.98. The summed E-state index contributed by atoms with van der Waals surface area (Å²) in [6, 6.07) is 0. The van der Waals surface area contributed by atoms with Crippen LogP contribution in [-0.4, -0.2) is 19.3 Å². The largest absolute Gasteiger partial charge is 0.393 e. The molecule has 2 unspecified atom stereocenters. The zero-order chi connectivity index (χ0) is 10.1. The summed E-state index contributed by atoms with van der Waals surface area (Å²) >= 11 is 0. The fourth-order valence-corrected chi connectivity index (χ4v) is 3.52. The van der Waals surface area contributed by atoms with Crippen molar-refractivity contribution in [2.45, 2.75) is 51.9 Å². The summed E-state index contributed by atoms with van der Waals surface area (Å²) in [6.07, 6.45) is 3.28. The molecule has 0 aromatic heterocycles. The van der Waals surface area contributed by atoms with Crippen molar-refractivity contribution < 1.29 is 5.11 Å². The van der Waals surface area contributed by atoms with E-state index in [1.165, 1.54) is 18.4 Å². The van der Waals surface area contributed by atoms with Gasteiger partial charge in [0, 0.05) is 5.92 Å². The summed E-state index contributed by atoms with van der Waals surface area (Å²) in [5.74, 6) is 0.403. The lowest BCUT2D eigenvalue weighted by molar-refractivity contribution is 0.106. The molecule has 1 saturated carbocycles. The maximum Gasteiger partial charge on any atom is 0.0686 e. The number of aliphatic hydroxyl groups is 1. The molecule has 0 aromatic carbocycles. The average molecular weight is 198 g/mol. The van der Waals surface area contributed by atoms with Gasteiger partial charge in [0.15, 0.2) is 0 Å². The van der Waals surface area contributed by atoms with Gasteiger partial charge in [-0.05, 0) is 19.3 Å². The van der Waals surface area contributed by atoms with Gasteiger partial charge in [-0.1, -0.05) is 37.8 Å². The van der Waals surface area contributed by atoms with Gasteiger partial charge in [0.2, 0.25) is 0 Å². The highest BCUT2D eigenvalue weighted by atomic mass is 28.3. The minimum atomic E-state index is -1.09. The first-order chi connectivity index (χ1) is 5.90. The Kier molecular flexibility index (Phi) is 3.36. The van der Waals surface area contributed by atoms with E-state index in [1.54, 1.807) is 0 Å². The first-order valence-electron chi connectivity index (χ1n) is 5.30. The van der Waals surface area contributed by atoms with Crippen molar-refractivity contribution in [3.8, 4) is 0 Å². The molecule has 1 N–H and O–H groups in total. The lowest BCUT2D eigenvalue weighted by Gasteiger charge is -2.29. The fourth-order valence-electron chi connectivity index (χ4n) is 2.00. The van der Waals surface area contributed by atoms with E-state index in [2.05, 4.69) is 32.3 Å². The maximum atomic E-state index is 9.72. The second-order valence-corrected chi connectivity index (χ2v) is 10.4. The summed E-state index contributed by atoms with van der Waals surface area (Å²) < 4.78 is 0. The second kappa shape index (κ2) is 3.97. The summed E-state index contributed by atoms with van der Waals surface area (Å²) in [7, 11) is -1.09. The quantitative estimate of drug-likeness (QED) is 0.642. The van der Waals surface area contributed by atoms with E-state index < -0.39 is 8.07 Å². The van der Waals surface area contributed by atoms with Gasteiger partial charge in [0.25, 0.3) is 0 Å². The topological polar surface area (TPSA) is 20.2 Å². The molecule has 1 aliphatic rings. The monoisotopic (exact) mass is 198 g/mol. The minimum absolute atomic E-state index is 0.0867. The summed E-state index contributed by atoms with van der Waals surface area (Å²) in [6.45, 7) is 9.23. The fraction of sp³-hybridized carbons (Fsp3) is 0.818. The molecule has 0 aliphatic heterocycles. The Balaban J connectivity index is 2.73. The number of hydrogen-bond acceptors (Lipinski definition) is 1. The average Bonchev–Trinajstić information content (AvgIpc) is 1.96. The normalized spacial score (nSPS) is 33.8. The standard InChI is InChI=1S/C11H22OSi/c1-9-10(8-13(2,3)4)6-5-7-11(9)12/h8-9,11-12H,5-7H2,1-4H3/b10-8+. The number of rotatable bonds is 1. The number of hydrogen-bond donors (Lipinski definition) is 1. The van der Waals surface area contributed by atoms with E-state index in [0.29, 0.717) is 5.92 Å². The van der Waals surface area contributed by atoms with E-state index in [4.69, 9.17) is 0 Å². The summed E-state index contributed by atoms with van der Waals surface area (Å²) in [4.78, 5) is 0. The van der Waals surface area contributed by atoms with Crippen molar-refractivity contribution in [3.63, 3.8) is 0 Å². The van der Waals surface area contributed by atoms with Gasteiger partial charge < -0.3 is 5.11 Å². The first kappa shape index (κ1) is 11.0. The zero-order valence-electron chi connectivity index (χ0n) is 9.30. The van der Waals surface area contributed by atoms with Crippen LogP contribution in [-0.2, 0) is 0 Å². The predicted octanol–water partition coefficient (Wildman–Crippen LogP) is 2.97. The van der Waals surface area contributed by atoms with Gasteiger partial charge in [-0.25, -0.2) is 0 Å². The third-order valence-electron chi connectivity index (χ3n) is 2.75. The highest BCUT2D eigenvalue weighted by Gasteiger charge is 2.24. The molecule has 0 bridgehead atoms. The molecule has 1 nitrogen and oxygen atoms in total. The van der Waals surface area contributed by atoms with Gasteiger partial charge in [0.05, 0.1) is 14.2 Å². The van der Waals surface area contributed by atoms with Crippen LogP contribution in [0.25, 0.3) is 0 Å². The van der Waals surface area contributed by atoms with E-state index in [-0.39, 0.29) is 6.10 Å². The lowest BCUT2D eigenvalue weighted by Crippen LogP contribution is -2.27. The first-order valence-corrected chi connectivity index (χ1v) is 8.87. The van der Waals surface area contributed by atoms with Crippen LogP contribution >= 0.6 is 0 Å². The van der Waals surface area contributed by atoms with Crippen molar-refractivity contribution in [1.82, 2.24) is 0 Å². The van der Waals surface area contributed by atoms with E-state index in [9.17, 15) is 5.11 Å². The van der Waals surface area contributed by atoms with Gasteiger partial charge in [-0.3, -0.25) is 0 Å². The Morgan fingerprint density at radius 3 is 2.54 bits per heavy atom. The van der Waals surface area contributed by atoms with Crippen molar-refractivity contribution in [2.75, 3.05) is 0 Å². The Morgan fingerprint density at radius 2 is 2.00 bits per heavy atom. The van der Waals surface area contributed by atoms with E-state index in [0.717, 1.165) is 6.42 Å². The van der Waals surface area contributed by atoms with Crippen LogP contribution in [0.5, 0.6) is 0 Å². The van der Waals surface area contributed by atoms with Crippen LogP contribution in [0.15, 0.2) is 11.3 Å². The minimum Gasteiger partial charge on any atom is -0.393 e. The Bertz CT molecular complexity index is 203. The molecule has 13 heavy (non-hydrogen) atoms. The van der Waals surface area contributed by atoms with Crippen molar-refractivity contribution in [2.24, 2.45) is 5.92 Å². The molecule has 0 aromatic rings.